The van der Waals surface area contributed by atoms with Crippen molar-refractivity contribution >= 4 is 28.9 Å². The van der Waals surface area contributed by atoms with E-state index in [9.17, 15) is 14.9 Å². The zero-order valence-electron chi connectivity index (χ0n) is 12.4. The highest BCUT2D eigenvalue weighted by molar-refractivity contribution is 6.32. The highest BCUT2D eigenvalue weighted by Gasteiger charge is 2.15. The molecule has 1 rings (SSSR count). The van der Waals surface area contributed by atoms with Crippen LogP contribution in [0, 0.1) is 10.1 Å². The van der Waals surface area contributed by atoms with Crippen molar-refractivity contribution in [3.05, 3.63) is 33.3 Å². The molecule has 8 heteroatoms. The van der Waals surface area contributed by atoms with E-state index in [0.717, 1.165) is 12.8 Å². The van der Waals surface area contributed by atoms with Crippen LogP contribution in [-0.2, 0) is 4.79 Å². The maximum Gasteiger partial charge on any atom is 0.289 e. The topological polar surface area (TPSA) is 95.7 Å². The molecule has 0 atom stereocenters. The van der Waals surface area contributed by atoms with Crippen molar-refractivity contribution in [2.75, 3.05) is 31.6 Å². The van der Waals surface area contributed by atoms with Gasteiger partial charge in [0.15, 0.2) is 0 Å². The third-order valence-electron chi connectivity index (χ3n) is 3.04. The number of aliphatic hydroxyl groups excluding tert-OH is 1. The summed E-state index contributed by atoms with van der Waals surface area (Å²) >= 11 is 5.72. The van der Waals surface area contributed by atoms with E-state index >= 15 is 0 Å². The molecule has 0 aliphatic rings. The van der Waals surface area contributed by atoms with Gasteiger partial charge in [-0.2, -0.15) is 0 Å². The average molecular weight is 330 g/mol. The van der Waals surface area contributed by atoms with Crippen LogP contribution < -0.4 is 5.32 Å². The van der Waals surface area contributed by atoms with Gasteiger partial charge in [0.2, 0.25) is 5.91 Å². The van der Waals surface area contributed by atoms with Crippen LogP contribution in [0.3, 0.4) is 0 Å². The monoisotopic (exact) mass is 329 g/mol. The van der Waals surface area contributed by atoms with E-state index in [1.165, 1.54) is 18.2 Å². The van der Waals surface area contributed by atoms with Crippen LogP contribution in [0.5, 0.6) is 0 Å². The third kappa shape index (κ3) is 5.97. The van der Waals surface area contributed by atoms with Gasteiger partial charge in [0.1, 0.15) is 5.02 Å². The van der Waals surface area contributed by atoms with Gasteiger partial charge in [-0.05, 0) is 25.1 Å². The molecule has 0 spiro atoms. The summed E-state index contributed by atoms with van der Waals surface area (Å²) in [5.74, 6) is -0.291. The van der Waals surface area contributed by atoms with E-state index in [-0.39, 0.29) is 29.8 Å². The Balaban J connectivity index is 2.67. The first-order valence-corrected chi connectivity index (χ1v) is 7.42. The molecule has 1 amide bonds. The molecule has 0 bridgehead atoms. The molecule has 7 nitrogen and oxygen atoms in total. The summed E-state index contributed by atoms with van der Waals surface area (Å²) < 4.78 is 0. The van der Waals surface area contributed by atoms with Gasteiger partial charge in [-0.15, -0.1) is 0 Å². The summed E-state index contributed by atoms with van der Waals surface area (Å²) in [6, 6.07) is 4.11. The molecule has 1 aromatic carbocycles. The summed E-state index contributed by atoms with van der Waals surface area (Å²) in [6.07, 6.45) is 1.92. The Kier molecular flexibility index (Phi) is 7.79. The molecule has 0 heterocycles. The van der Waals surface area contributed by atoms with E-state index in [4.69, 9.17) is 16.7 Å². The minimum absolute atomic E-state index is 0.0212. The molecule has 0 unspecified atom stereocenters. The molecular weight excluding hydrogens is 310 g/mol. The Hall–Kier alpha value is -1.70. The van der Waals surface area contributed by atoms with E-state index in [1.807, 2.05) is 11.8 Å². The number of benzene rings is 1. The molecule has 0 saturated heterocycles. The fraction of sp³-hybridized carbons (Fsp3) is 0.500. The van der Waals surface area contributed by atoms with Crippen molar-refractivity contribution in [3.8, 4) is 0 Å². The van der Waals surface area contributed by atoms with E-state index in [1.54, 1.807) is 0 Å². The van der Waals surface area contributed by atoms with Gasteiger partial charge in [-0.1, -0.05) is 24.9 Å². The molecule has 22 heavy (non-hydrogen) atoms. The summed E-state index contributed by atoms with van der Waals surface area (Å²) in [5.41, 5.74) is 0.0678. The molecule has 0 aliphatic heterocycles. The lowest BCUT2D eigenvalue weighted by Crippen LogP contribution is -2.35. The van der Waals surface area contributed by atoms with Crippen molar-refractivity contribution in [2.24, 2.45) is 0 Å². The van der Waals surface area contributed by atoms with Gasteiger partial charge < -0.3 is 10.4 Å². The first-order valence-electron chi connectivity index (χ1n) is 7.05. The fourth-order valence-corrected chi connectivity index (χ4v) is 2.11. The van der Waals surface area contributed by atoms with Crippen LogP contribution in [0.4, 0.5) is 11.4 Å². The first kappa shape index (κ1) is 18.3. The Morgan fingerprint density at radius 2 is 2.18 bits per heavy atom. The molecule has 122 valence electrons. The van der Waals surface area contributed by atoms with Crippen LogP contribution in [0.2, 0.25) is 5.02 Å². The molecular formula is C14H20ClN3O4. The zero-order chi connectivity index (χ0) is 16.5. The lowest BCUT2D eigenvalue weighted by atomic mass is 10.2. The van der Waals surface area contributed by atoms with Crippen molar-refractivity contribution in [2.45, 2.75) is 19.8 Å². The second-order valence-corrected chi connectivity index (χ2v) is 5.23. The second kappa shape index (κ2) is 9.34. The number of carbonyl (C=O) groups excluding carboxylic acids is 1. The number of halogens is 1. The summed E-state index contributed by atoms with van der Waals surface area (Å²) in [5, 5.41) is 22.4. The van der Waals surface area contributed by atoms with Crippen molar-refractivity contribution < 1.29 is 14.8 Å². The Bertz CT molecular complexity index is 525. The summed E-state index contributed by atoms with van der Waals surface area (Å²) in [6.45, 7) is 3.27. The Labute approximate surface area is 134 Å². The van der Waals surface area contributed by atoms with Crippen LogP contribution in [0.1, 0.15) is 19.8 Å². The number of nitrogens with one attached hydrogen (secondary N) is 1. The quantitative estimate of drug-likeness (QED) is 0.535. The number of amides is 1. The summed E-state index contributed by atoms with van der Waals surface area (Å²) in [4.78, 5) is 24.0. The number of unbranched alkanes of at least 4 members (excludes halogenated alkanes) is 1. The number of nitrogens with zero attached hydrogens (tertiary/aromatic N) is 2. The van der Waals surface area contributed by atoms with E-state index < -0.39 is 4.92 Å². The lowest BCUT2D eigenvalue weighted by Gasteiger charge is -2.20. The van der Waals surface area contributed by atoms with Crippen LogP contribution in [0.25, 0.3) is 0 Å². The van der Waals surface area contributed by atoms with Gasteiger partial charge in [0.25, 0.3) is 5.69 Å². The van der Waals surface area contributed by atoms with Gasteiger partial charge in [-0.25, -0.2) is 0 Å². The standard InChI is InChI=1S/C14H20ClN3O4/c1-2-3-6-17(7-8-19)10-14(20)16-11-4-5-12(15)13(9-11)18(21)22/h4-5,9,19H,2-3,6-8,10H2,1H3,(H,16,20). The van der Waals surface area contributed by atoms with Gasteiger partial charge in [-0.3, -0.25) is 19.8 Å². The van der Waals surface area contributed by atoms with E-state index in [0.29, 0.717) is 18.8 Å². The predicted octanol–water partition coefficient (Wildman–Crippen LogP) is 2.28. The maximum atomic E-state index is 12.0. The second-order valence-electron chi connectivity index (χ2n) is 4.82. The first-order chi connectivity index (χ1) is 10.5. The molecule has 2 N–H and O–H groups in total. The van der Waals surface area contributed by atoms with Crippen LogP contribution in [-0.4, -0.2) is 47.1 Å². The number of hydrogen-bond donors (Lipinski definition) is 2. The molecule has 0 radical (unpaired) electrons. The van der Waals surface area contributed by atoms with Crippen LogP contribution >= 0.6 is 11.6 Å². The smallest absolute Gasteiger partial charge is 0.289 e. The number of nitro groups is 1. The van der Waals surface area contributed by atoms with Gasteiger partial charge in [0, 0.05) is 18.3 Å². The van der Waals surface area contributed by atoms with Crippen molar-refractivity contribution in [3.63, 3.8) is 0 Å². The number of anilines is 1. The summed E-state index contributed by atoms with van der Waals surface area (Å²) in [7, 11) is 0. The lowest BCUT2D eigenvalue weighted by molar-refractivity contribution is -0.384. The molecule has 0 fully saturated rings. The third-order valence-corrected chi connectivity index (χ3v) is 3.36. The largest absolute Gasteiger partial charge is 0.395 e. The zero-order valence-corrected chi connectivity index (χ0v) is 13.2. The molecule has 0 aliphatic carbocycles. The average Bonchev–Trinajstić information content (AvgIpc) is 2.46. The highest BCUT2D eigenvalue weighted by Crippen LogP contribution is 2.27. The fourth-order valence-electron chi connectivity index (χ4n) is 1.93. The van der Waals surface area contributed by atoms with E-state index in [2.05, 4.69) is 5.32 Å². The van der Waals surface area contributed by atoms with Crippen molar-refractivity contribution in [1.29, 1.82) is 0 Å². The molecule has 0 saturated carbocycles. The number of nitro benzene ring substituents is 1. The highest BCUT2D eigenvalue weighted by atomic mass is 35.5. The van der Waals surface area contributed by atoms with Gasteiger partial charge >= 0.3 is 0 Å². The molecule has 1 aromatic rings. The minimum atomic E-state index is -0.600. The number of carbonyl (C=O) groups is 1. The van der Waals surface area contributed by atoms with Crippen molar-refractivity contribution in [1.82, 2.24) is 4.90 Å². The number of rotatable bonds is 9. The molecule has 0 aromatic heterocycles. The predicted molar refractivity (Wildman–Crippen MR) is 85.2 cm³/mol. The Morgan fingerprint density at radius 1 is 1.45 bits per heavy atom. The maximum absolute atomic E-state index is 12.0. The number of hydrogen-bond acceptors (Lipinski definition) is 5. The van der Waals surface area contributed by atoms with Crippen LogP contribution in [0.15, 0.2) is 18.2 Å². The normalized spacial score (nSPS) is 10.7. The number of aliphatic hydroxyl groups is 1. The van der Waals surface area contributed by atoms with Gasteiger partial charge in [0.05, 0.1) is 18.1 Å². The minimum Gasteiger partial charge on any atom is -0.395 e. The Morgan fingerprint density at radius 3 is 2.77 bits per heavy atom. The SMILES string of the molecule is CCCCN(CCO)CC(=O)Nc1ccc(Cl)c([N+](=O)[O-])c1.